The minimum absolute atomic E-state index is 0.887. The molecular weight excluding hydrogens is 471 g/mol. The van der Waals surface area contributed by atoms with Crippen molar-refractivity contribution in [3.8, 4) is 0 Å². The fourth-order valence-corrected chi connectivity index (χ4v) is 4.45. The van der Waals surface area contributed by atoms with Gasteiger partial charge in [-0.2, -0.15) is 0 Å². The second-order valence-corrected chi connectivity index (χ2v) is 10.4. The first-order chi connectivity index (χ1) is 17.1. The van der Waals surface area contributed by atoms with Crippen molar-refractivity contribution in [2.24, 2.45) is 0 Å². The molecule has 0 spiro atoms. The second-order valence-electron chi connectivity index (χ2n) is 9.44. The summed E-state index contributed by atoms with van der Waals surface area (Å²) in [7, 11) is 0. The summed E-state index contributed by atoms with van der Waals surface area (Å²) in [4.78, 5) is 0. The molecular formula is C32H46N2Ni. The van der Waals surface area contributed by atoms with Gasteiger partial charge in [0.1, 0.15) is 0 Å². The molecule has 1 aliphatic heterocycles. The summed E-state index contributed by atoms with van der Waals surface area (Å²) in [6, 6.07) is 17.6. The van der Waals surface area contributed by atoms with Gasteiger partial charge in [-0.05, 0) is 73.9 Å². The second kappa shape index (κ2) is 16.6. The number of rotatable bonds is 13. The summed E-state index contributed by atoms with van der Waals surface area (Å²) in [6.45, 7) is 6.71. The minimum atomic E-state index is 0.887. The molecule has 1 heterocycles. The molecule has 0 amide bonds. The van der Waals surface area contributed by atoms with E-state index in [-0.39, 0.29) is 0 Å². The van der Waals surface area contributed by atoms with Gasteiger partial charge < -0.3 is 5.53 Å². The van der Waals surface area contributed by atoms with E-state index in [4.69, 9.17) is 0 Å². The molecule has 1 aliphatic rings. The van der Waals surface area contributed by atoms with Crippen LogP contribution in [0, 0.1) is 0 Å². The standard InChI is InChI=1S/C30H40N2.2CH3.Ni/c1-4-7-10-12-24-15-19-26(20-16-24)29-23-28(14-9-6-3)30(32(29)31)27-21-17-25(18-22-27)13-11-8-5-2;;;/h15-23H,4-14H2,1-3H3;2*1H3;. The number of benzene rings is 2. The Kier molecular flexibility index (Phi) is 13.9. The zero-order valence-electron chi connectivity index (χ0n) is 22.7. The van der Waals surface area contributed by atoms with E-state index in [1.54, 1.807) is 14.4 Å². The van der Waals surface area contributed by atoms with E-state index in [1.165, 1.54) is 59.9 Å². The molecule has 0 aromatic heterocycles. The third-order valence-corrected chi connectivity index (χ3v) is 6.47. The molecule has 0 saturated heterocycles. The van der Waals surface area contributed by atoms with Crippen LogP contribution in [-0.4, -0.2) is 4.70 Å². The van der Waals surface area contributed by atoms with Crippen molar-refractivity contribution in [3.05, 3.63) is 88.0 Å². The van der Waals surface area contributed by atoms with E-state index >= 15 is 0 Å². The zero-order chi connectivity index (χ0) is 25.5. The Bertz CT molecular complexity index is 952. The van der Waals surface area contributed by atoms with Gasteiger partial charge in [0.15, 0.2) is 0 Å². The summed E-state index contributed by atoms with van der Waals surface area (Å²) >= 11 is 1.62. The van der Waals surface area contributed by atoms with Gasteiger partial charge in [-0.25, -0.2) is 4.70 Å². The molecule has 35 heavy (non-hydrogen) atoms. The topological polar surface area (TPSA) is 25.3 Å². The van der Waals surface area contributed by atoms with E-state index in [0.717, 1.165) is 54.6 Å². The molecule has 0 N–H and O–H groups in total. The van der Waals surface area contributed by atoms with Gasteiger partial charge in [0.05, 0.1) is 0 Å². The molecule has 3 heteroatoms. The van der Waals surface area contributed by atoms with Crippen molar-refractivity contribution in [2.45, 2.75) is 103 Å². The number of unbranched alkanes of at least 4 members (excludes halogenated alkanes) is 5. The first-order valence-electron chi connectivity index (χ1n) is 13.4. The Hall–Kier alpha value is -1.99. The van der Waals surface area contributed by atoms with Gasteiger partial charge in [-0.3, -0.25) is 0 Å². The Balaban J connectivity index is 0.00000137. The maximum absolute atomic E-state index is 11.2. The van der Waals surface area contributed by atoms with Gasteiger partial charge in [0.25, 0.3) is 0 Å². The molecule has 0 bridgehead atoms. The van der Waals surface area contributed by atoms with Crippen LogP contribution in [0.1, 0.15) is 101 Å². The average molecular weight is 517 g/mol. The Morgan fingerprint density at radius 1 is 0.629 bits per heavy atom. The number of nitrogens with zero attached hydrogens (tertiary/aromatic N) is 2. The quantitative estimate of drug-likeness (QED) is 0.144. The van der Waals surface area contributed by atoms with E-state index < -0.39 is 0 Å². The van der Waals surface area contributed by atoms with Crippen molar-refractivity contribution in [3.63, 3.8) is 0 Å². The predicted octanol–water partition coefficient (Wildman–Crippen LogP) is 10.3. The summed E-state index contributed by atoms with van der Waals surface area (Å²) < 4.78 is 1.42. The summed E-state index contributed by atoms with van der Waals surface area (Å²) in [5, 5.41) is 0. The normalized spacial score (nSPS) is 13.2. The van der Waals surface area contributed by atoms with Gasteiger partial charge >= 0.3 is 26.2 Å². The third-order valence-electron chi connectivity index (χ3n) is 6.47. The van der Waals surface area contributed by atoms with Gasteiger partial charge in [-0.15, -0.1) is 0 Å². The Labute approximate surface area is 221 Å². The van der Waals surface area contributed by atoms with Crippen LogP contribution < -0.4 is 0 Å². The zero-order valence-corrected chi connectivity index (χ0v) is 23.7. The first kappa shape index (κ1) is 29.2. The number of hydrogen-bond acceptors (Lipinski definition) is 0. The SMILES string of the molecule is CCCCCc1ccc(C2=CC(CCCC)=C(c3ccc(CCCCC)cc3)[N+]2=[N-])cc1.[CH3][Ni][CH3]. The van der Waals surface area contributed by atoms with Crippen molar-refractivity contribution in [1.29, 1.82) is 0 Å². The number of allylic oxidation sites excluding steroid dienone is 2. The molecule has 0 saturated carbocycles. The molecule has 0 aliphatic carbocycles. The number of hydrogen-bond donors (Lipinski definition) is 0. The third kappa shape index (κ3) is 9.19. The maximum atomic E-state index is 11.2. The van der Waals surface area contributed by atoms with E-state index in [9.17, 15) is 5.53 Å². The van der Waals surface area contributed by atoms with Crippen LogP contribution in [0.2, 0.25) is 11.8 Å². The van der Waals surface area contributed by atoms with Crippen LogP contribution in [0.5, 0.6) is 0 Å². The monoisotopic (exact) mass is 516 g/mol. The van der Waals surface area contributed by atoms with Crippen molar-refractivity contribution in [2.75, 3.05) is 0 Å². The molecule has 0 radical (unpaired) electrons. The summed E-state index contributed by atoms with van der Waals surface area (Å²) in [6.07, 6.45) is 15.3. The van der Waals surface area contributed by atoms with E-state index in [0.29, 0.717) is 0 Å². The predicted molar refractivity (Wildman–Crippen MR) is 149 cm³/mol. The molecule has 2 aromatic rings. The molecule has 0 fully saturated rings. The number of aryl methyl sites for hydroxylation is 2. The van der Waals surface area contributed by atoms with Crippen LogP contribution in [-0.2, 0) is 27.3 Å². The molecule has 194 valence electrons. The van der Waals surface area contributed by atoms with Crippen LogP contribution in [0.25, 0.3) is 16.9 Å². The summed E-state index contributed by atoms with van der Waals surface area (Å²) in [5.41, 5.74) is 19.2. The Morgan fingerprint density at radius 3 is 1.54 bits per heavy atom. The average Bonchev–Trinajstić information content (AvgIpc) is 3.20. The molecule has 0 unspecified atom stereocenters. The molecule has 3 rings (SSSR count). The van der Waals surface area contributed by atoms with E-state index in [2.05, 4.69) is 87.2 Å². The van der Waals surface area contributed by atoms with Crippen molar-refractivity contribution >= 4 is 11.4 Å². The van der Waals surface area contributed by atoms with Gasteiger partial charge in [0.2, 0.25) is 11.4 Å². The van der Waals surface area contributed by atoms with Crippen LogP contribution in [0.15, 0.2) is 60.2 Å². The fourth-order valence-electron chi connectivity index (χ4n) is 4.45. The van der Waals surface area contributed by atoms with Crippen molar-refractivity contribution < 1.29 is 19.1 Å². The van der Waals surface area contributed by atoms with Gasteiger partial charge in [-0.1, -0.05) is 77.1 Å². The van der Waals surface area contributed by atoms with Crippen LogP contribution in [0.3, 0.4) is 0 Å². The molecule has 0 atom stereocenters. The van der Waals surface area contributed by atoms with Crippen LogP contribution in [0.4, 0.5) is 0 Å². The van der Waals surface area contributed by atoms with Gasteiger partial charge in [0, 0.05) is 22.8 Å². The Morgan fingerprint density at radius 2 is 1.09 bits per heavy atom. The van der Waals surface area contributed by atoms with Crippen molar-refractivity contribution in [1.82, 2.24) is 0 Å². The van der Waals surface area contributed by atoms with Crippen LogP contribution >= 0.6 is 0 Å². The van der Waals surface area contributed by atoms with E-state index in [1.807, 2.05) is 0 Å². The first-order valence-corrected chi connectivity index (χ1v) is 15.4. The molecule has 2 nitrogen and oxygen atoms in total. The molecule has 2 aromatic carbocycles. The fraction of sp³-hybridized carbons (Fsp3) is 0.500. The summed E-state index contributed by atoms with van der Waals surface area (Å²) in [5.74, 6) is 4.12.